The lowest BCUT2D eigenvalue weighted by Crippen LogP contribution is -2.39. The number of thiophene rings is 1. The number of aliphatic hydroxyl groups excluding tert-OH is 2. The van der Waals surface area contributed by atoms with Crippen molar-refractivity contribution in [1.29, 1.82) is 0 Å². The Morgan fingerprint density at radius 3 is 2.59 bits per heavy atom. The second-order valence-corrected chi connectivity index (χ2v) is 6.29. The fraction of sp³-hybridized carbons (Fsp3) is 0.692. The Labute approximate surface area is 107 Å². The van der Waals surface area contributed by atoms with Gasteiger partial charge in [0.1, 0.15) is 0 Å². The molecular formula is C13H23NO2S. The van der Waals surface area contributed by atoms with Gasteiger partial charge in [-0.1, -0.05) is 20.8 Å². The molecule has 0 bridgehead atoms. The molecule has 0 aliphatic rings. The van der Waals surface area contributed by atoms with E-state index >= 15 is 0 Å². The summed E-state index contributed by atoms with van der Waals surface area (Å²) in [4.78, 5) is 0. The zero-order valence-corrected chi connectivity index (χ0v) is 11.6. The topological polar surface area (TPSA) is 52.5 Å². The number of rotatable bonds is 6. The van der Waals surface area contributed by atoms with E-state index in [0.29, 0.717) is 6.42 Å². The van der Waals surface area contributed by atoms with Crippen molar-refractivity contribution in [2.45, 2.75) is 45.9 Å². The highest BCUT2D eigenvalue weighted by molar-refractivity contribution is 7.07. The van der Waals surface area contributed by atoms with Gasteiger partial charge in [0.15, 0.2) is 0 Å². The van der Waals surface area contributed by atoms with E-state index in [-0.39, 0.29) is 18.1 Å². The van der Waals surface area contributed by atoms with Crippen LogP contribution in [0.1, 0.15) is 32.8 Å². The molecule has 0 radical (unpaired) electrons. The minimum absolute atomic E-state index is 0.0517. The van der Waals surface area contributed by atoms with Gasteiger partial charge >= 0.3 is 0 Å². The SMILES string of the molecule is CC(C)(C)[C@H](O)C[C@@H](CO)NCc1ccsc1. The lowest BCUT2D eigenvalue weighted by Gasteiger charge is -2.29. The third-order valence-corrected chi connectivity index (χ3v) is 3.63. The maximum Gasteiger partial charge on any atom is 0.0604 e. The molecule has 98 valence electrons. The van der Waals surface area contributed by atoms with Crippen LogP contribution in [-0.2, 0) is 6.54 Å². The predicted molar refractivity (Wildman–Crippen MR) is 72.1 cm³/mol. The molecule has 3 N–H and O–H groups in total. The summed E-state index contributed by atoms with van der Waals surface area (Å²) >= 11 is 1.67. The molecule has 0 saturated carbocycles. The van der Waals surface area contributed by atoms with Gasteiger partial charge in [-0.05, 0) is 34.2 Å². The molecule has 1 rings (SSSR count). The fourth-order valence-electron chi connectivity index (χ4n) is 1.50. The van der Waals surface area contributed by atoms with Gasteiger partial charge in [-0.25, -0.2) is 0 Å². The smallest absolute Gasteiger partial charge is 0.0604 e. The maximum atomic E-state index is 10.00. The molecule has 3 nitrogen and oxygen atoms in total. The van der Waals surface area contributed by atoms with Crippen molar-refractivity contribution in [3.05, 3.63) is 22.4 Å². The van der Waals surface area contributed by atoms with E-state index in [9.17, 15) is 10.2 Å². The van der Waals surface area contributed by atoms with Gasteiger partial charge in [-0.3, -0.25) is 0 Å². The van der Waals surface area contributed by atoms with Crippen molar-refractivity contribution in [3.8, 4) is 0 Å². The van der Waals surface area contributed by atoms with Crippen LogP contribution in [0.3, 0.4) is 0 Å². The summed E-state index contributed by atoms with van der Waals surface area (Å²) < 4.78 is 0. The van der Waals surface area contributed by atoms with E-state index in [2.05, 4.69) is 16.8 Å². The Bertz CT molecular complexity index is 306. The minimum Gasteiger partial charge on any atom is -0.395 e. The normalized spacial score (nSPS) is 15.8. The molecule has 0 aliphatic heterocycles. The van der Waals surface area contributed by atoms with Crippen molar-refractivity contribution in [2.75, 3.05) is 6.61 Å². The molecule has 0 amide bonds. The third kappa shape index (κ3) is 5.17. The van der Waals surface area contributed by atoms with Gasteiger partial charge in [0.2, 0.25) is 0 Å². The molecule has 0 aromatic carbocycles. The molecule has 2 atom stereocenters. The first-order valence-corrected chi connectivity index (χ1v) is 6.91. The Hall–Kier alpha value is -0.420. The summed E-state index contributed by atoms with van der Waals surface area (Å²) in [5.74, 6) is 0. The van der Waals surface area contributed by atoms with Gasteiger partial charge < -0.3 is 15.5 Å². The molecule has 1 heterocycles. The highest BCUT2D eigenvalue weighted by Gasteiger charge is 2.25. The molecular weight excluding hydrogens is 234 g/mol. The molecule has 17 heavy (non-hydrogen) atoms. The Balaban J connectivity index is 2.38. The van der Waals surface area contributed by atoms with Crippen molar-refractivity contribution < 1.29 is 10.2 Å². The van der Waals surface area contributed by atoms with Crippen LogP contribution in [0.5, 0.6) is 0 Å². The molecule has 0 saturated heterocycles. The van der Waals surface area contributed by atoms with Crippen molar-refractivity contribution in [2.24, 2.45) is 5.41 Å². The first kappa shape index (κ1) is 14.6. The molecule has 1 aromatic heterocycles. The highest BCUT2D eigenvalue weighted by Crippen LogP contribution is 2.22. The fourth-order valence-corrected chi connectivity index (χ4v) is 2.17. The predicted octanol–water partition coefficient (Wildman–Crippen LogP) is 2.00. The van der Waals surface area contributed by atoms with Crippen LogP contribution in [-0.4, -0.2) is 29.0 Å². The van der Waals surface area contributed by atoms with Crippen LogP contribution in [0.25, 0.3) is 0 Å². The Morgan fingerprint density at radius 2 is 2.12 bits per heavy atom. The van der Waals surface area contributed by atoms with Gasteiger partial charge in [0, 0.05) is 12.6 Å². The zero-order chi connectivity index (χ0) is 12.9. The molecule has 0 fully saturated rings. The van der Waals surface area contributed by atoms with Crippen LogP contribution in [0.2, 0.25) is 0 Å². The summed E-state index contributed by atoms with van der Waals surface area (Å²) in [6.07, 6.45) is 0.166. The largest absolute Gasteiger partial charge is 0.395 e. The third-order valence-electron chi connectivity index (χ3n) is 2.90. The Morgan fingerprint density at radius 1 is 1.41 bits per heavy atom. The van der Waals surface area contributed by atoms with Gasteiger partial charge in [0.05, 0.1) is 12.7 Å². The summed E-state index contributed by atoms with van der Waals surface area (Å²) in [6.45, 7) is 6.81. The van der Waals surface area contributed by atoms with E-state index in [4.69, 9.17) is 0 Å². The maximum absolute atomic E-state index is 10.00. The first-order valence-electron chi connectivity index (χ1n) is 5.97. The van der Waals surface area contributed by atoms with Crippen LogP contribution < -0.4 is 5.32 Å². The number of hydrogen-bond donors (Lipinski definition) is 3. The average molecular weight is 257 g/mol. The molecule has 0 unspecified atom stereocenters. The van der Waals surface area contributed by atoms with Gasteiger partial charge in [-0.15, -0.1) is 0 Å². The van der Waals surface area contributed by atoms with E-state index in [0.717, 1.165) is 6.54 Å². The van der Waals surface area contributed by atoms with Crippen LogP contribution in [0, 0.1) is 5.41 Å². The number of nitrogens with one attached hydrogen (secondary N) is 1. The van der Waals surface area contributed by atoms with E-state index in [1.807, 2.05) is 26.2 Å². The molecule has 0 aliphatic carbocycles. The van der Waals surface area contributed by atoms with Crippen molar-refractivity contribution >= 4 is 11.3 Å². The summed E-state index contributed by atoms with van der Waals surface area (Å²) in [5.41, 5.74) is 1.08. The summed E-state index contributed by atoms with van der Waals surface area (Å²) in [7, 11) is 0. The second kappa shape index (κ2) is 6.50. The Kier molecular flexibility index (Phi) is 5.59. The minimum atomic E-state index is -0.408. The van der Waals surface area contributed by atoms with Crippen LogP contribution >= 0.6 is 11.3 Å². The van der Waals surface area contributed by atoms with Crippen molar-refractivity contribution in [1.82, 2.24) is 5.32 Å². The standard InChI is InChI=1S/C13H23NO2S/c1-13(2,3)12(16)6-11(8-15)14-7-10-4-5-17-9-10/h4-5,9,11-12,14-16H,6-8H2,1-3H3/t11-,12+/m0/s1. The van der Waals surface area contributed by atoms with Crippen LogP contribution in [0.4, 0.5) is 0 Å². The van der Waals surface area contributed by atoms with E-state index < -0.39 is 6.10 Å². The van der Waals surface area contributed by atoms with Crippen molar-refractivity contribution in [3.63, 3.8) is 0 Å². The first-order chi connectivity index (χ1) is 7.93. The lowest BCUT2D eigenvalue weighted by atomic mass is 9.85. The van der Waals surface area contributed by atoms with Crippen LogP contribution in [0.15, 0.2) is 16.8 Å². The van der Waals surface area contributed by atoms with E-state index in [1.54, 1.807) is 11.3 Å². The second-order valence-electron chi connectivity index (χ2n) is 5.51. The lowest BCUT2D eigenvalue weighted by molar-refractivity contribution is 0.0389. The number of aliphatic hydroxyl groups is 2. The highest BCUT2D eigenvalue weighted by atomic mass is 32.1. The quantitative estimate of drug-likeness (QED) is 0.730. The van der Waals surface area contributed by atoms with Gasteiger partial charge in [0.25, 0.3) is 0 Å². The molecule has 0 spiro atoms. The van der Waals surface area contributed by atoms with Gasteiger partial charge in [-0.2, -0.15) is 11.3 Å². The summed E-state index contributed by atoms with van der Waals surface area (Å²) in [6, 6.07) is 2.01. The monoisotopic (exact) mass is 257 g/mol. The average Bonchev–Trinajstić information content (AvgIpc) is 2.75. The van der Waals surface area contributed by atoms with E-state index in [1.165, 1.54) is 5.56 Å². The summed E-state index contributed by atoms with van der Waals surface area (Å²) in [5, 5.41) is 26.7. The number of hydrogen-bond acceptors (Lipinski definition) is 4. The zero-order valence-electron chi connectivity index (χ0n) is 10.8. The molecule has 4 heteroatoms. The molecule has 1 aromatic rings.